The molecule has 1 atom stereocenters. The van der Waals surface area contributed by atoms with Gasteiger partial charge in [-0.2, -0.15) is 0 Å². The van der Waals surface area contributed by atoms with Crippen molar-refractivity contribution in [1.82, 2.24) is 5.32 Å². The molecular formula is C33H36N2O7S. The maximum absolute atomic E-state index is 11.9. The Morgan fingerprint density at radius 3 is 2.21 bits per heavy atom. The highest BCUT2D eigenvalue weighted by Crippen LogP contribution is 2.30. The SMILES string of the molecule is CCOC(=O)c1ccc(-c2ccc(OCCNC[C@H](O)c3ccc(OCc4ccccc4)c(NS(C)(=O)=O)c3)cc2)cc1. The summed E-state index contributed by atoms with van der Waals surface area (Å²) in [4.78, 5) is 11.8. The van der Waals surface area contributed by atoms with Crippen LogP contribution in [0.5, 0.6) is 11.5 Å². The number of aliphatic hydroxyl groups excluding tert-OH is 1. The van der Waals surface area contributed by atoms with Gasteiger partial charge in [0, 0.05) is 13.1 Å². The number of carbonyl (C=O) groups excluding carboxylic acids is 1. The average molecular weight is 605 g/mol. The van der Waals surface area contributed by atoms with Crippen LogP contribution < -0.4 is 19.5 Å². The van der Waals surface area contributed by atoms with Crippen molar-refractivity contribution in [2.24, 2.45) is 0 Å². The second-order valence-electron chi connectivity index (χ2n) is 9.79. The molecule has 0 unspecified atom stereocenters. The number of nitrogens with one attached hydrogen (secondary N) is 2. The van der Waals surface area contributed by atoms with E-state index in [1.165, 1.54) is 0 Å². The number of ether oxygens (including phenoxy) is 3. The zero-order valence-corrected chi connectivity index (χ0v) is 25.0. The Hall–Kier alpha value is -4.38. The number of carbonyl (C=O) groups is 1. The van der Waals surface area contributed by atoms with E-state index >= 15 is 0 Å². The van der Waals surface area contributed by atoms with Gasteiger partial charge >= 0.3 is 5.97 Å². The zero-order chi connectivity index (χ0) is 30.7. The number of rotatable bonds is 15. The van der Waals surface area contributed by atoms with E-state index in [1.807, 2.05) is 66.7 Å². The predicted molar refractivity (Wildman–Crippen MR) is 167 cm³/mol. The van der Waals surface area contributed by atoms with Crippen LogP contribution in [-0.2, 0) is 21.4 Å². The van der Waals surface area contributed by atoms with Gasteiger partial charge in [-0.1, -0.05) is 60.7 Å². The fourth-order valence-electron chi connectivity index (χ4n) is 4.25. The van der Waals surface area contributed by atoms with Crippen molar-refractivity contribution in [2.45, 2.75) is 19.6 Å². The fourth-order valence-corrected chi connectivity index (χ4v) is 4.81. The molecule has 0 aliphatic carbocycles. The summed E-state index contributed by atoms with van der Waals surface area (Å²) in [5.41, 5.74) is 4.22. The van der Waals surface area contributed by atoms with Gasteiger partial charge in [0.2, 0.25) is 10.0 Å². The number of anilines is 1. The van der Waals surface area contributed by atoms with Crippen LogP contribution in [0, 0.1) is 0 Å². The zero-order valence-electron chi connectivity index (χ0n) is 24.2. The monoisotopic (exact) mass is 604 g/mol. The smallest absolute Gasteiger partial charge is 0.338 e. The van der Waals surface area contributed by atoms with Gasteiger partial charge in [0.1, 0.15) is 24.7 Å². The van der Waals surface area contributed by atoms with Gasteiger partial charge in [0.05, 0.1) is 30.2 Å². The Labute approximate surface area is 252 Å². The topological polar surface area (TPSA) is 123 Å². The third-order valence-corrected chi connectivity index (χ3v) is 6.98. The summed E-state index contributed by atoms with van der Waals surface area (Å²) in [6, 6.07) is 29.4. The van der Waals surface area contributed by atoms with E-state index < -0.39 is 16.1 Å². The van der Waals surface area contributed by atoms with Gasteiger partial charge < -0.3 is 24.6 Å². The van der Waals surface area contributed by atoms with E-state index in [-0.39, 0.29) is 24.8 Å². The average Bonchev–Trinajstić information content (AvgIpc) is 3.00. The maximum atomic E-state index is 11.9. The molecular weight excluding hydrogens is 568 g/mol. The molecule has 0 fully saturated rings. The van der Waals surface area contributed by atoms with Gasteiger partial charge in [-0.3, -0.25) is 4.72 Å². The largest absolute Gasteiger partial charge is 0.492 e. The number of hydrogen-bond acceptors (Lipinski definition) is 8. The lowest BCUT2D eigenvalue weighted by molar-refractivity contribution is 0.0526. The number of hydrogen-bond donors (Lipinski definition) is 3. The molecule has 0 aliphatic rings. The van der Waals surface area contributed by atoms with Gasteiger partial charge in [-0.25, -0.2) is 13.2 Å². The third-order valence-electron chi connectivity index (χ3n) is 6.39. The molecule has 43 heavy (non-hydrogen) atoms. The number of aliphatic hydroxyl groups is 1. The summed E-state index contributed by atoms with van der Waals surface area (Å²) in [6.07, 6.45) is 0.189. The van der Waals surface area contributed by atoms with Crippen LogP contribution in [0.2, 0.25) is 0 Å². The van der Waals surface area contributed by atoms with Crippen molar-refractivity contribution < 1.29 is 32.5 Å². The molecule has 0 saturated carbocycles. The minimum atomic E-state index is -3.56. The molecule has 0 aliphatic heterocycles. The van der Waals surface area contributed by atoms with Crippen molar-refractivity contribution in [2.75, 3.05) is 37.3 Å². The first-order valence-corrected chi connectivity index (χ1v) is 15.8. The molecule has 0 aromatic heterocycles. The van der Waals surface area contributed by atoms with Crippen LogP contribution in [0.4, 0.5) is 5.69 Å². The van der Waals surface area contributed by atoms with E-state index in [0.717, 1.165) is 22.9 Å². The van der Waals surface area contributed by atoms with Crippen molar-refractivity contribution in [3.05, 3.63) is 114 Å². The van der Waals surface area contributed by atoms with Gasteiger partial charge in [-0.05, 0) is 65.6 Å². The van der Waals surface area contributed by atoms with Gasteiger partial charge in [0.15, 0.2) is 0 Å². The molecule has 0 amide bonds. The molecule has 0 radical (unpaired) electrons. The molecule has 10 heteroatoms. The fraction of sp³-hybridized carbons (Fsp3) is 0.242. The summed E-state index contributed by atoms with van der Waals surface area (Å²) in [5, 5.41) is 13.9. The Balaban J connectivity index is 1.25. The predicted octanol–water partition coefficient (Wildman–Crippen LogP) is 5.18. The van der Waals surface area contributed by atoms with Crippen molar-refractivity contribution >= 4 is 21.7 Å². The summed E-state index contributed by atoms with van der Waals surface area (Å²) >= 11 is 0. The van der Waals surface area contributed by atoms with Crippen LogP contribution in [0.3, 0.4) is 0 Å². The highest BCUT2D eigenvalue weighted by atomic mass is 32.2. The van der Waals surface area contributed by atoms with Gasteiger partial charge in [0.25, 0.3) is 0 Å². The van der Waals surface area contributed by atoms with Crippen LogP contribution >= 0.6 is 0 Å². The third kappa shape index (κ3) is 9.85. The molecule has 0 bridgehead atoms. The van der Waals surface area contributed by atoms with E-state index in [4.69, 9.17) is 14.2 Å². The second-order valence-corrected chi connectivity index (χ2v) is 11.5. The van der Waals surface area contributed by atoms with E-state index in [9.17, 15) is 18.3 Å². The van der Waals surface area contributed by atoms with E-state index in [1.54, 1.807) is 37.3 Å². The highest BCUT2D eigenvalue weighted by Gasteiger charge is 2.15. The summed E-state index contributed by atoms with van der Waals surface area (Å²) in [5.74, 6) is 0.734. The van der Waals surface area contributed by atoms with Crippen LogP contribution in [-0.4, -0.2) is 52.1 Å². The number of sulfonamides is 1. The van der Waals surface area contributed by atoms with Crippen LogP contribution in [0.25, 0.3) is 11.1 Å². The van der Waals surface area contributed by atoms with Gasteiger partial charge in [-0.15, -0.1) is 0 Å². The van der Waals surface area contributed by atoms with Crippen molar-refractivity contribution in [3.63, 3.8) is 0 Å². The van der Waals surface area contributed by atoms with E-state index in [2.05, 4.69) is 10.0 Å². The maximum Gasteiger partial charge on any atom is 0.338 e. The first-order valence-electron chi connectivity index (χ1n) is 13.9. The highest BCUT2D eigenvalue weighted by molar-refractivity contribution is 7.92. The molecule has 226 valence electrons. The summed E-state index contributed by atoms with van der Waals surface area (Å²) < 4.78 is 43.1. The van der Waals surface area contributed by atoms with Crippen molar-refractivity contribution in [3.8, 4) is 22.6 Å². The standard InChI is InChI=1S/C33H36N2O7S/c1-3-40-33(37)27-11-9-25(10-12-27)26-13-16-29(17-14-26)41-20-19-34-22-31(36)28-15-18-32(30(21-28)35-43(2,38)39)42-23-24-7-5-4-6-8-24/h4-18,21,31,34-36H,3,19-20,22-23H2,1-2H3/t31-/m0/s1. The summed E-state index contributed by atoms with van der Waals surface area (Å²) in [7, 11) is -3.56. The molecule has 4 rings (SSSR count). The second kappa shape index (κ2) is 15.2. The molecule has 4 aromatic rings. The lowest BCUT2D eigenvalue weighted by Gasteiger charge is -2.17. The van der Waals surface area contributed by atoms with Crippen molar-refractivity contribution in [1.29, 1.82) is 0 Å². The Kier molecular flexibility index (Phi) is 11.2. The minimum absolute atomic E-state index is 0.243. The van der Waals surface area contributed by atoms with E-state index in [0.29, 0.717) is 42.4 Å². The number of benzene rings is 4. The Morgan fingerprint density at radius 1 is 0.884 bits per heavy atom. The Morgan fingerprint density at radius 2 is 1.56 bits per heavy atom. The lowest BCUT2D eigenvalue weighted by Crippen LogP contribution is -2.26. The molecule has 4 aromatic carbocycles. The first kappa shape index (κ1) is 31.6. The van der Waals surface area contributed by atoms with Crippen LogP contribution in [0.15, 0.2) is 97.1 Å². The minimum Gasteiger partial charge on any atom is -0.492 e. The number of esters is 1. The van der Waals surface area contributed by atoms with Crippen LogP contribution in [0.1, 0.15) is 34.5 Å². The normalized spacial score (nSPS) is 11.9. The summed E-state index contributed by atoms with van der Waals surface area (Å²) in [6.45, 7) is 3.50. The first-order chi connectivity index (χ1) is 20.7. The molecule has 0 spiro atoms. The molecule has 3 N–H and O–H groups in total. The molecule has 0 heterocycles. The Bertz CT molecular complexity index is 1580. The molecule has 0 saturated heterocycles. The lowest BCUT2D eigenvalue weighted by atomic mass is 10.0. The quantitative estimate of drug-likeness (QED) is 0.125. The molecule has 9 nitrogen and oxygen atoms in total.